The van der Waals surface area contributed by atoms with Gasteiger partial charge >= 0.3 is 0 Å². The molecule has 112 valence electrons. The molecule has 1 aromatic rings. The third-order valence-corrected chi connectivity index (χ3v) is 5.08. The summed E-state index contributed by atoms with van der Waals surface area (Å²) < 4.78 is 42.6. The summed E-state index contributed by atoms with van der Waals surface area (Å²) in [6.45, 7) is 7.10. The predicted octanol–water partition coefficient (Wildman–Crippen LogP) is 3.78. The third-order valence-electron chi connectivity index (χ3n) is 3.50. The Hall–Kier alpha value is -0.810. The second-order valence-corrected chi connectivity index (χ2v) is 8.43. The summed E-state index contributed by atoms with van der Waals surface area (Å²) in [6, 6.07) is 2.06. The maximum atomic E-state index is 14.1. The Labute approximate surface area is 121 Å². The van der Waals surface area contributed by atoms with Crippen LogP contribution in [0.1, 0.15) is 50.8 Å². The lowest BCUT2D eigenvalue weighted by Gasteiger charge is -2.25. The smallest absolute Gasteiger partial charge is 0.128 e. The largest absolute Gasteiger partial charge is 0.242 e. The molecule has 1 aliphatic rings. The summed E-state index contributed by atoms with van der Waals surface area (Å²) in [4.78, 5) is 0. The average Bonchev–Trinajstić information content (AvgIpc) is 3.13. The van der Waals surface area contributed by atoms with Crippen molar-refractivity contribution in [2.75, 3.05) is 0 Å². The van der Waals surface area contributed by atoms with Crippen LogP contribution in [0.3, 0.4) is 0 Å². The topological polar surface area (TPSA) is 29.1 Å². The van der Waals surface area contributed by atoms with E-state index in [0.717, 1.165) is 12.8 Å². The number of halogens is 2. The normalized spacial score (nSPS) is 18.9. The zero-order valence-electron chi connectivity index (χ0n) is 12.3. The van der Waals surface area contributed by atoms with E-state index in [0.29, 0.717) is 0 Å². The molecule has 2 atom stereocenters. The molecule has 2 nitrogen and oxygen atoms in total. The molecular formula is C15H21F2NOS. The Bertz CT molecular complexity index is 535. The molecule has 2 rings (SSSR count). The molecule has 5 heteroatoms. The van der Waals surface area contributed by atoms with Gasteiger partial charge < -0.3 is 0 Å². The summed E-state index contributed by atoms with van der Waals surface area (Å²) in [6.07, 6.45) is 1.90. The van der Waals surface area contributed by atoms with E-state index in [1.165, 1.54) is 19.1 Å². The minimum Gasteiger partial charge on any atom is -0.242 e. The first kappa shape index (κ1) is 15.6. The fraction of sp³-hybridized carbons (Fsp3) is 0.600. The van der Waals surface area contributed by atoms with Gasteiger partial charge in [0, 0.05) is 5.56 Å². The molecular weight excluding hydrogens is 280 g/mol. The van der Waals surface area contributed by atoms with Gasteiger partial charge in [0.2, 0.25) is 0 Å². The van der Waals surface area contributed by atoms with Crippen molar-refractivity contribution in [1.82, 2.24) is 4.72 Å². The van der Waals surface area contributed by atoms with Crippen LogP contribution >= 0.6 is 0 Å². The molecule has 0 saturated heterocycles. The molecule has 1 N–H and O–H groups in total. The Kier molecular flexibility index (Phi) is 4.30. The lowest BCUT2D eigenvalue weighted by Crippen LogP contribution is -2.36. The number of hydrogen-bond donors (Lipinski definition) is 1. The Morgan fingerprint density at radius 1 is 1.25 bits per heavy atom. The maximum absolute atomic E-state index is 14.1. The van der Waals surface area contributed by atoms with E-state index in [-0.39, 0.29) is 23.1 Å². The van der Waals surface area contributed by atoms with E-state index in [9.17, 15) is 13.0 Å². The molecule has 20 heavy (non-hydrogen) atoms. The van der Waals surface area contributed by atoms with Crippen molar-refractivity contribution in [1.29, 1.82) is 0 Å². The van der Waals surface area contributed by atoms with Gasteiger partial charge in [0.15, 0.2) is 0 Å². The number of rotatable bonds is 4. The highest BCUT2D eigenvalue weighted by Crippen LogP contribution is 2.42. The van der Waals surface area contributed by atoms with Crippen molar-refractivity contribution in [2.45, 2.75) is 51.3 Å². The van der Waals surface area contributed by atoms with Crippen molar-refractivity contribution in [3.05, 3.63) is 34.9 Å². The monoisotopic (exact) mass is 301 g/mol. The van der Waals surface area contributed by atoms with Crippen molar-refractivity contribution >= 4 is 11.0 Å². The zero-order chi connectivity index (χ0) is 15.1. The third kappa shape index (κ3) is 3.44. The molecule has 1 saturated carbocycles. The van der Waals surface area contributed by atoms with E-state index in [1.807, 2.05) is 20.8 Å². The fourth-order valence-electron chi connectivity index (χ4n) is 2.04. The van der Waals surface area contributed by atoms with Crippen LogP contribution in [-0.4, -0.2) is 8.96 Å². The van der Waals surface area contributed by atoms with E-state index >= 15 is 0 Å². The lowest BCUT2D eigenvalue weighted by atomic mass is 10.0. The maximum Gasteiger partial charge on any atom is 0.128 e. The van der Waals surface area contributed by atoms with Gasteiger partial charge in [0.05, 0.1) is 21.8 Å². The standard InChI is InChI=1S/C15H21F2NOS/c1-9-7-13(17)11(8-12(9)16)14(10-5-6-10)18-20(19)15(2,3)4/h7-8,10,14,18H,5-6H2,1-4H3/t14-,20?/m0/s1. The zero-order valence-corrected chi connectivity index (χ0v) is 13.1. The van der Waals surface area contributed by atoms with Crippen LogP contribution in [0.4, 0.5) is 8.78 Å². The van der Waals surface area contributed by atoms with Crippen molar-refractivity contribution in [3.8, 4) is 0 Å². The summed E-state index contributed by atoms with van der Waals surface area (Å²) in [7, 11) is -1.31. The predicted molar refractivity (Wildman–Crippen MR) is 77.6 cm³/mol. The minimum atomic E-state index is -1.31. The quantitative estimate of drug-likeness (QED) is 0.901. The summed E-state index contributed by atoms with van der Waals surface area (Å²) in [5.74, 6) is -0.618. The van der Waals surface area contributed by atoms with Crippen LogP contribution in [0.2, 0.25) is 0 Å². The average molecular weight is 301 g/mol. The number of aryl methyl sites for hydroxylation is 1. The minimum absolute atomic E-state index is 0.234. The molecule has 1 aromatic carbocycles. The second kappa shape index (κ2) is 5.53. The van der Waals surface area contributed by atoms with Gasteiger partial charge in [-0.3, -0.25) is 0 Å². The van der Waals surface area contributed by atoms with Crippen LogP contribution < -0.4 is 4.72 Å². The molecule has 1 unspecified atom stereocenters. The van der Waals surface area contributed by atoms with E-state index in [1.54, 1.807) is 0 Å². The van der Waals surface area contributed by atoms with Crippen molar-refractivity contribution < 1.29 is 13.0 Å². The van der Waals surface area contributed by atoms with Crippen LogP contribution in [0.25, 0.3) is 0 Å². The SMILES string of the molecule is Cc1cc(F)c([C@@H](NS(=O)C(C)(C)C)C2CC2)cc1F. The Morgan fingerprint density at radius 2 is 1.85 bits per heavy atom. The van der Waals surface area contributed by atoms with Gasteiger partial charge in [-0.2, -0.15) is 0 Å². The lowest BCUT2D eigenvalue weighted by molar-refractivity contribution is 0.508. The van der Waals surface area contributed by atoms with Crippen LogP contribution in [-0.2, 0) is 11.0 Å². The molecule has 0 spiro atoms. The highest BCUT2D eigenvalue weighted by atomic mass is 32.2. The molecule has 1 aliphatic carbocycles. The fourth-order valence-corrected chi connectivity index (χ4v) is 2.94. The van der Waals surface area contributed by atoms with Gasteiger partial charge in [-0.05, 0) is 64.2 Å². The summed E-state index contributed by atoms with van der Waals surface area (Å²) in [5, 5.41) is 0. The number of nitrogens with one attached hydrogen (secondary N) is 1. The first-order valence-electron chi connectivity index (χ1n) is 6.83. The molecule has 0 heterocycles. The van der Waals surface area contributed by atoms with Crippen LogP contribution in [0, 0.1) is 24.5 Å². The highest BCUT2D eigenvalue weighted by Gasteiger charge is 2.36. The van der Waals surface area contributed by atoms with Crippen molar-refractivity contribution in [3.63, 3.8) is 0 Å². The molecule has 0 radical (unpaired) electrons. The van der Waals surface area contributed by atoms with Gasteiger partial charge in [-0.25, -0.2) is 17.7 Å². The number of hydrogen-bond acceptors (Lipinski definition) is 1. The highest BCUT2D eigenvalue weighted by molar-refractivity contribution is 7.84. The number of benzene rings is 1. The molecule has 0 aliphatic heterocycles. The van der Waals surface area contributed by atoms with E-state index < -0.39 is 27.4 Å². The first-order valence-corrected chi connectivity index (χ1v) is 7.98. The summed E-state index contributed by atoms with van der Waals surface area (Å²) >= 11 is 0. The second-order valence-electron chi connectivity index (χ2n) is 6.44. The summed E-state index contributed by atoms with van der Waals surface area (Å²) in [5.41, 5.74) is 0.575. The molecule has 1 fully saturated rings. The van der Waals surface area contributed by atoms with Gasteiger partial charge in [0.1, 0.15) is 11.6 Å². The Morgan fingerprint density at radius 3 is 2.35 bits per heavy atom. The van der Waals surface area contributed by atoms with Crippen LogP contribution in [0.15, 0.2) is 12.1 Å². The van der Waals surface area contributed by atoms with Crippen molar-refractivity contribution in [2.24, 2.45) is 5.92 Å². The molecule has 0 aromatic heterocycles. The van der Waals surface area contributed by atoms with Crippen LogP contribution in [0.5, 0.6) is 0 Å². The first-order chi connectivity index (χ1) is 9.20. The van der Waals surface area contributed by atoms with E-state index in [4.69, 9.17) is 0 Å². The molecule has 0 bridgehead atoms. The molecule has 0 amide bonds. The Balaban J connectivity index is 2.30. The van der Waals surface area contributed by atoms with Gasteiger partial charge in [-0.15, -0.1) is 0 Å². The van der Waals surface area contributed by atoms with Gasteiger partial charge in [0.25, 0.3) is 0 Å². The van der Waals surface area contributed by atoms with Gasteiger partial charge in [-0.1, -0.05) is 0 Å². The van der Waals surface area contributed by atoms with E-state index in [2.05, 4.69) is 4.72 Å².